The van der Waals surface area contributed by atoms with Gasteiger partial charge in [0.25, 0.3) is 0 Å². The fraction of sp³-hybridized carbons (Fsp3) is 0.375. The molecule has 4 aromatic rings. The van der Waals surface area contributed by atoms with Crippen molar-refractivity contribution in [1.29, 1.82) is 0 Å². The highest BCUT2D eigenvalue weighted by Gasteiger charge is 2.25. The van der Waals surface area contributed by atoms with Crippen LogP contribution in [0, 0.1) is 0 Å². The molecule has 1 N–H and O–H groups in total. The summed E-state index contributed by atoms with van der Waals surface area (Å²) in [5.74, 6) is 2.18. The average molecular weight is 415 g/mol. The van der Waals surface area contributed by atoms with Gasteiger partial charge >= 0.3 is 0 Å². The Hall–Kier alpha value is -3.19. The van der Waals surface area contributed by atoms with Gasteiger partial charge < -0.3 is 15.0 Å². The predicted molar refractivity (Wildman–Crippen MR) is 122 cm³/mol. The van der Waals surface area contributed by atoms with Crippen molar-refractivity contribution in [1.82, 2.24) is 19.4 Å². The Bertz CT molecular complexity index is 1240. The highest BCUT2D eigenvalue weighted by Crippen LogP contribution is 2.39. The number of pyridine rings is 1. The van der Waals surface area contributed by atoms with E-state index in [-0.39, 0.29) is 6.04 Å². The van der Waals surface area contributed by atoms with Crippen molar-refractivity contribution in [2.24, 2.45) is 0 Å². The second kappa shape index (κ2) is 7.50. The molecule has 6 rings (SSSR count). The monoisotopic (exact) mass is 414 g/mol. The van der Waals surface area contributed by atoms with Gasteiger partial charge in [-0.15, -0.1) is 0 Å². The van der Waals surface area contributed by atoms with E-state index in [0.29, 0.717) is 11.7 Å². The van der Waals surface area contributed by atoms with Gasteiger partial charge in [-0.3, -0.25) is 9.38 Å². The summed E-state index contributed by atoms with van der Waals surface area (Å²) in [5.41, 5.74) is 4.55. The maximum atomic E-state index is 5.53. The molecule has 0 radical (unpaired) electrons. The van der Waals surface area contributed by atoms with Gasteiger partial charge in [0.15, 0.2) is 0 Å². The van der Waals surface area contributed by atoms with Crippen molar-refractivity contribution in [3.8, 4) is 0 Å². The first-order valence-electron chi connectivity index (χ1n) is 11.1. The third-order valence-corrected chi connectivity index (χ3v) is 6.29. The Kier molecular flexibility index (Phi) is 4.49. The average Bonchev–Trinajstić information content (AvgIpc) is 3.57. The summed E-state index contributed by atoms with van der Waals surface area (Å²) in [6.45, 7) is 5.49. The van der Waals surface area contributed by atoms with Crippen LogP contribution in [0.2, 0.25) is 0 Å². The van der Waals surface area contributed by atoms with E-state index in [0.717, 1.165) is 48.7 Å². The molecule has 7 heteroatoms. The molecular formula is C24H26N6O. The number of fused-ring (bicyclic) bond motifs is 3. The Morgan fingerprint density at radius 3 is 2.81 bits per heavy atom. The third-order valence-electron chi connectivity index (χ3n) is 6.29. The maximum Gasteiger partial charge on any atom is 0.236 e. The van der Waals surface area contributed by atoms with Crippen molar-refractivity contribution < 1.29 is 4.74 Å². The van der Waals surface area contributed by atoms with Crippen molar-refractivity contribution in [3.63, 3.8) is 0 Å². The number of anilines is 2. The van der Waals surface area contributed by atoms with E-state index in [1.54, 1.807) is 6.20 Å². The zero-order valence-electron chi connectivity index (χ0n) is 17.7. The van der Waals surface area contributed by atoms with Crippen LogP contribution in [0.4, 0.5) is 11.5 Å². The number of nitrogens with one attached hydrogen (secondary N) is 1. The zero-order valence-corrected chi connectivity index (χ0v) is 17.7. The number of aromatic nitrogens is 4. The molecule has 1 aliphatic carbocycles. The third kappa shape index (κ3) is 3.49. The molecule has 0 amide bonds. The van der Waals surface area contributed by atoms with Crippen molar-refractivity contribution >= 4 is 28.2 Å². The van der Waals surface area contributed by atoms with Crippen LogP contribution >= 0.6 is 0 Å². The van der Waals surface area contributed by atoms with Gasteiger partial charge in [-0.05, 0) is 50.1 Å². The number of hydrogen-bond donors (Lipinski definition) is 1. The fourth-order valence-electron chi connectivity index (χ4n) is 4.37. The summed E-state index contributed by atoms with van der Waals surface area (Å²) in [6, 6.07) is 13.0. The van der Waals surface area contributed by atoms with Crippen molar-refractivity contribution in [3.05, 3.63) is 60.2 Å². The second-order valence-electron chi connectivity index (χ2n) is 8.49. The summed E-state index contributed by atoms with van der Waals surface area (Å²) in [6.07, 6.45) is 6.27. The lowest BCUT2D eigenvalue weighted by atomic mass is 10.1. The maximum absolute atomic E-state index is 5.53. The van der Waals surface area contributed by atoms with Gasteiger partial charge in [-0.25, -0.2) is 4.98 Å². The van der Waals surface area contributed by atoms with Crippen LogP contribution in [0.3, 0.4) is 0 Å². The molecule has 4 heterocycles. The molecule has 1 aromatic carbocycles. The topological polar surface area (TPSA) is 67.6 Å². The highest BCUT2D eigenvalue weighted by molar-refractivity contribution is 5.93. The lowest BCUT2D eigenvalue weighted by Gasteiger charge is -2.29. The summed E-state index contributed by atoms with van der Waals surface area (Å²) in [7, 11) is 0. The normalized spacial score (nSPS) is 17.9. The minimum absolute atomic E-state index is 0.0406. The first-order valence-corrected chi connectivity index (χ1v) is 11.1. The molecule has 158 valence electrons. The number of morpholine rings is 1. The van der Waals surface area contributed by atoms with Crippen LogP contribution in [0.1, 0.15) is 43.1 Å². The molecule has 1 atom stereocenters. The molecule has 7 nitrogen and oxygen atoms in total. The first kappa shape index (κ1) is 18.6. The van der Waals surface area contributed by atoms with E-state index in [2.05, 4.69) is 58.5 Å². The number of hydrogen-bond acceptors (Lipinski definition) is 6. The molecule has 2 aliphatic rings. The minimum Gasteiger partial charge on any atom is -0.378 e. The predicted octanol–water partition coefficient (Wildman–Crippen LogP) is 4.16. The number of imidazole rings is 1. The lowest BCUT2D eigenvalue weighted by molar-refractivity contribution is 0.122. The van der Waals surface area contributed by atoms with Gasteiger partial charge in [-0.2, -0.15) is 4.98 Å². The van der Waals surface area contributed by atoms with Crippen molar-refractivity contribution in [2.45, 2.75) is 31.7 Å². The molecule has 1 saturated carbocycles. The van der Waals surface area contributed by atoms with Crippen LogP contribution in [0.15, 0.2) is 48.8 Å². The van der Waals surface area contributed by atoms with Gasteiger partial charge in [0.2, 0.25) is 5.78 Å². The van der Waals surface area contributed by atoms with Gasteiger partial charge in [0, 0.05) is 48.2 Å². The summed E-state index contributed by atoms with van der Waals surface area (Å²) < 4.78 is 7.57. The lowest BCUT2D eigenvalue weighted by Crippen LogP contribution is -2.36. The second-order valence-corrected chi connectivity index (χ2v) is 8.49. The quantitative estimate of drug-likeness (QED) is 0.529. The van der Waals surface area contributed by atoms with Crippen LogP contribution in [-0.2, 0) is 4.74 Å². The Balaban J connectivity index is 1.40. The highest BCUT2D eigenvalue weighted by atomic mass is 16.5. The summed E-state index contributed by atoms with van der Waals surface area (Å²) in [5, 5.41) is 4.71. The SMILES string of the molecule is CC(Nc1nc2nccn2c2ccc(N3CCOCC3)cc12)c1cccc(C2CC2)n1. The van der Waals surface area contributed by atoms with Gasteiger partial charge in [0.1, 0.15) is 5.82 Å². The number of benzene rings is 1. The fourth-order valence-corrected chi connectivity index (χ4v) is 4.37. The van der Waals surface area contributed by atoms with Gasteiger partial charge in [0.05, 0.1) is 30.5 Å². The largest absolute Gasteiger partial charge is 0.378 e. The number of ether oxygens (including phenoxy) is 1. The molecule has 1 aliphatic heterocycles. The Morgan fingerprint density at radius 2 is 1.97 bits per heavy atom. The molecule has 1 unspecified atom stereocenters. The van der Waals surface area contributed by atoms with Crippen molar-refractivity contribution in [2.75, 3.05) is 36.5 Å². The van der Waals surface area contributed by atoms with E-state index < -0.39 is 0 Å². The molecule has 31 heavy (non-hydrogen) atoms. The van der Waals surface area contributed by atoms with Crippen LogP contribution < -0.4 is 10.2 Å². The zero-order chi connectivity index (χ0) is 20.8. The van der Waals surface area contributed by atoms with E-state index in [1.165, 1.54) is 24.2 Å². The van der Waals surface area contributed by atoms with E-state index in [9.17, 15) is 0 Å². The molecule has 0 bridgehead atoms. The molecule has 1 saturated heterocycles. The van der Waals surface area contributed by atoms with E-state index in [4.69, 9.17) is 14.7 Å². The standard InChI is InChI=1S/C24H26N6O/c1-16(20-3-2-4-21(27-20)17-5-6-17)26-23-19-15-18(29-11-13-31-14-12-29)7-8-22(19)30-10-9-25-24(30)28-23/h2-4,7-10,15-17H,5-6,11-14H2,1H3,(H,25,26,28). The first-order chi connectivity index (χ1) is 15.3. The summed E-state index contributed by atoms with van der Waals surface area (Å²) in [4.78, 5) is 16.6. The van der Waals surface area contributed by atoms with Crippen LogP contribution in [0.5, 0.6) is 0 Å². The Labute approximate surface area is 181 Å². The van der Waals surface area contributed by atoms with Crippen LogP contribution in [-0.4, -0.2) is 45.7 Å². The molecule has 3 aromatic heterocycles. The molecule has 2 fully saturated rings. The number of rotatable bonds is 5. The summed E-state index contributed by atoms with van der Waals surface area (Å²) >= 11 is 0. The number of nitrogens with zero attached hydrogens (tertiary/aromatic N) is 5. The van der Waals surface area contributed by atoms with E-state index in [1.807, 2.05) is 10.6 Å². The van der Waals surface area contributed by atoms with Crippen LogP contribution in [0.25, 0.3) is 16.7 Å². The van der Waals surface area contributed by atoms with E-state index >= 15 is 0 Å². The minimum atomic E-state index is 0.0406. The smallest absolute Gasteiger partial charge is 0.236 e. The molecule has 0 spiro atoms. The molecular weight excluding hydrogens is 388 g/mol. The Morgan fingerprint density at radius 1 is 1.10 bits per heavy atom. The van der Waals surface area contributed by atoms with Gasteiger partial charge in [-0.1, -0.05) is 6.07 Å².